The Kier molecular flexibility index (Phi) is 4.09. The molecule has 4 nitrogen and oxygen atoms in total. The van der Waals surface area contributed by atoms with Crippen molar-refractivity contribution >= 4 is 28.9 Å². The van der Waals surface area contributed by atoms with Gasteiger partial charge in [-0.05, 0) is 37.6 Å². The maximum atomic E-state index is 12.2. The fourth-order valence-electron chi connectivity index (χ4n) is 2.84. The molecule has 1 aromatic carbocycles. The van der Waals surface area contributed by atoms with Crippen LogP contribution in [0.1, 0.15) is 13.3 Å². The molecule has 21 heavy (non-hydrogen) atoms. The number of benzene rings is 1. The predicted molar refractivity (Wildman–Crippen MR) is 87.1 cm³/mol. The Morgan fingerprint density at radius 2 is 1.95 bits per heavy atom. The summed E-state index contributed by atoms with van der Waals surface area (Å²) in [6, 6.07) is 5.77. The van der Waals surface area contributed by atoms with E-state index in [1.807, 2.05) is 18.2 Å². The monoisotopic (exact) mass is 307 g/mol. The maximum absolute atomic E-state index is 12.2. The molecular formula is C16H22ClN3O. The summed E-state index contributed by atoms with van der Waals surface area (Å²) in [4.78, 5) is 16.8. The van der Waals surface area contributed by atoms with Crippen LogP contribution in [0.25, 0.3) is 0 Å². The number of likely N-dealkylation sites (N-methyl/N-ethyl adjacent to an activating group) is 1. The zero-order valence-corrected chi connectivity index (χ0v) is 13.4. The number of hydrogen-bond acceptors (Lipinski definition) is 3. The molecule has 0 aromatic heterocycles. The number of nitrogens with one attached hydrogen (secondary N) is 1. The van der Waals surface area contributed by atoms with Gasteiger partial charge in [0.05, 0.1) is 11.4 Å². The van der Waals surface area contributed by atoms with Crippen LogP contribution in [0.3, 0.4) is 0 Å². The fourth-order valence-corrected chi connectivity index (χ4v) is 3.02. The van der Waals surface area contributed by atoms with Crippen molar-refractivity contribution in [3.63, 3.8) is 0 Å². The Morgan fingerprint density at radius 1 is 1.29 bits per heavy atom. The minimum atomic E-state index is 0.125. The van der Waals surface area contributed by atoms with Gasteiger partial charge in [0, 0.05) is 37.1 Å². The summed E-state index contributed by atoms with van der Waals surface area (Å²) in [7, 11) is 2.14. The van der Waals surface area contributed by atoms with Crippen molar-refractivity contribution < 1.29 is 4.79 Å². The van der Waals surface area contributed by atoms with Gasteiger partial charge >= 0.3 is 0 Å². The normalized spacial score (nSPS) is 25.8. The Hall–Kier alpha value is -1.26. The first kappa shape index (κ1) is 14.7. The Morgan fingerprint density at radius 3 is 2.57 bits per heavy atom. The summed E-state index contributed by atoms with van der Waals surface area (Å²) in [6.45, 7) is 6.14. The molecule has 1 aliphatic carbocycles. The van der Waals surface area contributed by atoms with E-state index < -0.39 is 0 Å². The van der Waals surface area contributed by atoms with Crippen molar-refractivity contribution in [2.24, 2.45) is 11.8 Å². The Bertz CT molecular complexity index is 540. The number of anilines is 2. The van der Waals surface area contributed by atoms with Crippen molar-refractivity contribution in [2.75, 3.05) is 43.4 Å². The average Bonchev–Trinajstić information content (AvgIpc) is 3.18. The molecule has 2 unspecified atom stereocenters. The average molecular weight is 308 g/mol. The lowest BCUT2D eigenvalue weighted by Crippen LogP contribution is -2.44. The van der Waals surface area contributed by atoms with E-state index in [9.17, 15) is 4.79 Å². The SMILES string of the molecule is CC1CC1C(=O)Nc1cc(Cl)ccc1N1CCN(C)CC1. The third-order valence-corrected chi connectivity index (χ3v) is 4.74. The summed E-state index contributed by atoms with van der Waals surface area (Å²) in [5, 5.41) is 3.73. The molecule has 1 amide bonds. The van der Waals surface area contributed by atoms with E-state index >= 15 is 0 Å². The molecule has 1 saturated heterocycles. The molecule has 2 atom stereocenters. The minimum Gasteiger partial charge on any atom is -0.367 e. The van der Waals surface area contributed by atoms with Gasteiger partial charge in [-0.25, -0.2) is 0 Å². The molecular weight excluding hydrogens is 286 g/mol. The van der Waals surface area contributed by atoms with E-state index in [1.54, 1.807) is 0 Å². The van der Waals surface area contributed by atoms with Crippen LogP contribution >= 0.6 is 11.6 Å². The standard InChI is InChI=1S/C16H22ClN3O/c1-11-9-13(11)16(21)18-14-10-12(17)3-4-15(14)20-7-5-19(2)6-8-20/h3-4,10-11,13H,5-9H2,1-2H3,(H,18,21). The predicted octanol–water partition coefficient (Wildman–Crippen LogP) is 2.69. The lowest BCUT2D eigenvalue weighted by Gasteiger charge is -2.35. The van der Waals surface area contributed by atoms with Crippen molar-refractivity contribution in [1.82, 2.24) is 4.90 Å². The van der Waals surface area contributed by atoms with Gasteiger partial charge in [-0.1, -0.05) is 18.5 Å². The van der Waals surface area contributed by atoms with E-state index in [2.05, 4.69) is 29.1 Å². The number of piperazine rings is 1. The highest BCUT2D eigenvalue weighted by atomic mass is 35.5. The number of nitrogens with zero attached hydrogens (tertiary/aromatic N) is 2. The van der Waals surface area contributed by atoms with Gasteiger partial charge in [0.25, 0.3) is 0 Å². The zero-order chi connectivity index (χ0) is 15.0. The van der Waals surface area contributed by atoms with Crippen LogP contribution in [-0.2, 0) is 4.79 Å². The number of rotatable bonds is 3. The van der Waals surface area contributed by atoms with Crippen LogP contribution in [0, 0.1) is 11.8 Å². The molecule has 0 bridgehead atoms. The highest BCUT2D eigenvalue weighted by Crippen LogP contribution is 2.39. The number of carbonyl (C=O) groups is 1. The van der Waals surface area contributed by atoms with E-state index in [0.717, 1.165) is 44.0 Å². The van der Waals surface area contributed by atoms with Crippen molar-refractivity contribution in [3.05, 3.63) is 23.2 Å². The van der Waals surface area contributed by atoms with E-state index in [4.69, 9.17) is 11.6 Å². The summed E-state index contributed by atoms with van der Waals surface area (Å²) in [6.07, 6.45) is 0.996. The van der Waals surface area contributed by atoms with Gasteiger partial charge < -0.3 is 15.1 Å². The molecule has 1 heterocycles. The van der Waals surface area contributed by atoms with Crippen LogP contribution in [0.2, 0.25) is 5.02 Å². The van der Waals surface area contributed by atoms with Gasteiger partial charge in [-0.2, -0.15) is 0 Å². The van der Waals surface area contributed by atoms with Crippen LogP contribution in [-0.4, -0.2) is 44.0 Å². The molecule has 3 rings (SSSR count). The van der Waals surface area contributed by atoms with Crippen molar-refractivity contribution in [3.8, 4) is 0 Å². The molecule has 5 heteroatoms. The first-order chi connectivity index (χ1) is 10.0. The van der Waals surface area contributed by atoms with Crippen LogP contribution < -0.4 is 10.2 Å². The zero-order valence-electron chi connectivity index (χ0n) is 12.6. The Balaban J connectivity index is 1.78. The summed E-state index contributed by atoms with van der Waals surface area (Å²) in [5.74, 6) is 0.806. The van der Waals surface area contributed by atoms with Gasteiger partial charge in [-0.15, -0.1) is 0 Å². The van der Waals surface area contributed by atoms with Crippen molar-refractivity contribution in [1.29, 1.82) is 0 Å². The smallest absolute Gasteiger partial charge is 0.227 e. The number of amides is 1. The van der Waals surface area contributed by atoms with Crippen LogP contribution in [0.15, 0.2) is 18.2 Å². The summed E-state index contributed by atoms with van der Waals surface area (Å²) < 4.78 is 0. The van der Waals surface area contributed by atoms with Gasteiger partial charge in [0.2, 0.25) is 5.91 Å². The summed E-state index contributed by atoms with van der Waals surface area (Å²) >= 11 is 6.11. The van der Waals surface area contributed by atoms with Gasteiger partial charge in [0.15, 0.2) is 0 Å². The van der Waals surface area contributed by atoms with Crippen molar-refractivity contribution in [2.45, 2.75) is 13.3 Å². The van der Waals surface area contributed by atoms with Gasteiger partial charge in [-0.3, -0.25) is 4.79 Å². The molecule has 2 fully saturated rings. The molecule has 1 N–H and O–H groups in total. The third-order valence-electron chi connectivity index (χ3n) is 4.51. The lowest BCUT2D eigenvalue weighted by atomic mass is 10.2. The van der Waals surface area contributed by atoms with Crippen LogP contribution in [0.4, 0.5) is 11.4 Å². The second-order valence-electron chi connectivity index (χ2n) is 6.26. The molecule has 114 valence electrons. The molecule has 1 saturated carbocycles. The first-order valence-corrected chi connectivity index (χ1v) is 7.96. The largest absolute Gasteiger partial charge is 0.367 e. The molecule has 2 aliphatic rings. The quantitative estimate of drug-likeness (QED) is 0.932. The second kappa shape index (κ2) is 5.85. The van der Waals surface area contributed by atoms with E-state index in [-0.39, 0.29) is 11.8 Å². The van der Waals surface area contributed by atoms with Gasteiger partial charge in [0.1, 0.15) is 0 Å². The highest BCUT2D eigenvalue weighted by molar-refractivity contribution is 6.31. The van der Waals surface area contributed by atoms with E-state index in [0.29, 0.717) is 10.9 Å². The topological polar surface area (TPSA) is 35.6 Å². The molecule has 0 spiro atoms. The number of halogens is 1. The highest BCUT2D eigenvalue weighted by Gasteiger charge is 2.39. The second-order valence-corrected chi connectivity index (χ2v) is 6.70. The third kappa shape index (κ3) is 3.33. The molecule has 1 aliphatic heterocycles. The number of carbonyl (C=O) groups excluding carboxylic acids is 1. The Labute approximate surface area is 131 Å². The van der Waals surface area contributed by atoms with Crippen LogP contribution in [0.5, 0.6) is 0 Å². The minimum absolute atomic E-state index is 0.125. The maximum Gasteiger partial charge on any atom is 0.227 e. The first-order valence-electron chi connectivity index (χ1n) is 7.58. The number of hydrogen-bond donors (Lipinski definition) is 1. The molecule has 1 aromatic rings. The fraction of sp³-hybridized carbons (Fsp3) is 0.562. The summed E-state index contributed by atoms with van der Waals surface area (Å²) in [5.41, 5.74) is 1.92. The lowest BCUT2D eigenvalue weighted by molar-refractivity contribution is -0.117. The molecule has 0 radical (unpaired) electrons. The van der Waals surface area contributed by atoms with E-state index in [1.165, 1.54) is 0 Å².